The maximum Gasteiger partial charge on any atom is 0.332 e. The quantitative estimate of drug-likeness (QED) is 0.147. The van der Waals surface area contributed by atoms with Gasteiger partial charge in [-0.05, 0) is 26.0 Å². The number of hydrogen-bond donors (Lipinski definition) is 4. The molecule has 166 valence electrons. The summed E-state index contributed by atoms with van der Waals surface area (Å²) in [6.07, 6.45) is 0.761. The Morgan fingerprint density at radius 1 is 1.07 bits per heavy atom. The Labute approximate surface area is 173 Å². The molecule has 0 unspecified atom stereocenters. The number of primary amides is 2. The smallest absolute Gasteiger partial charge is 0.332 e. The van der Waals surface area contributed by atoms with Gasteiger partial charge in [-0.2, -0.15) is 18.6 Å². The topological polar surface area (TPSA) is 197 Å². The summed E-state index contributed by atoms with van der Waals surface area (Å²) in [5.41, 5.74) is 14.6. The van der Waals surface area contributed by atoms with E-state index in [2.05, 4.69) is 10.2 Å². The summed E-state index contributed by atoms with van der Waals surface area (Å²) >= 11 is 0. The molecule has 0 aliphatic heterocycles. The van der Waals surface area contributed by atoms with E-state index >= 15 is 0 Å². The Hall–Kier alpha value is -3.07. The molecule has 4 amide bonds. The fourth-order valence-corrected chi connectivity index (χ4v) is 2.65. The van der Waals surface area contributed by atoms with Crippen molar-refractivity contribution in [3.8, 4) is 0 Å². The Bertz CT molecular complexity index is 857. The summed E-state index contributed by atoms with van der Waals surface area (Å²) in [6.45, 7) is 2.66. The third kappa shape index (κ3) is 10.5. The van der Waals surface area contributed by atoms with Crippen molar-refractivity contribution >= 4 is 34.6 Å². The Kier molecular flexibility index (Phi) is 10.4. The van der Waals surface area contributed by atoms with Crippen LogP contribution in [0.25, 0.3) is 0 Å². The highest BCUT2D eigenvalue weighted by atomic mass is 32.2. The lowest BCUT2D eigenvalue weighted by atomic mass is 10.2. The molecule has 0 spiro atoms. The molecule has 1 aromatic carbocycles. The summed E-state index contributed by atoms with van der Waals surface area (Å²) in [4.78, 5) is 21.2. The largest absolute Gasteiger partial charge is 0.350 e. The predicted molar refractivity (Wildman–Crippen MR) is 107 cm³/mol. The van der Waals surface area contributed by atoms with Gasteiger partial charge in [0, 0.05) is 0 Å². The number of carbonyl (C=O) groups excluding carboxylic acids is 2. The highest BCUT2D eigenvalue weighted by molar-refractivity contribution is 7.86. The van der Waals surface area contributed by atoms with Gasteiger partial charge in [-0.3, -0.25) is 4.18 Å². The van der Waals surface area contributed by atoms with E-state index in [-0.39, 0.29) is 11.7 Å². The number of benzene rings is 1. The molecule has 13 nitrogen and oxygen atoms in total. The summed E-state index contributed by atoms with van der Waals surface area (Å²) in [6, 6.07) is 4.33. The van der Waals surface area contributed by atoms with E-state index in [1.165, 1.54) is 18.3 Å². The minimum absolute atomic E-state index is 0.0258. The fourth-order valence-electron chi connectivity index (χ4n) is 1.73. The van der Waals surface area contributed by atoms with Gasteiger partial charge in [0.1, 0.15) is 12.9 Å². The van der Waals surface area contributed by atoms with Crippen LogP contribution >= 0.6 is 0 Å². The second-order valence-corrected chi connectivity index (χ2v) is 7.37. The molecule has 0 aliphatic rings. The number of hydrazone groups is 2. The van der Waals surface area contributed by atoms with E-state index < -0.39 is 41.0 Å². The van der Waals surface area contributed by atoms with Crippen LogP contribution in [0, 0.1) is 6.92 Å². The summed E-state index contributed by atoms with van der Waals surface area (Å²) in [5.74, 6) is 0. The lowest BCUT2D eigenvalue weighted by Crippen LogP contribution is -2.29. The van der Waals surface area contributed by atoms with Gasteiger partial charge in [0.15, 0.2) is 0 Å². The molecule has 1 rings (SSSR count). The normalized spacial score (nSPS) is 13.9. The zero-order chi connectivity index (χ0) is 22.6. The number of urea groups is 2. The fraction of sp³-hybridized carbons (Fsp3) is 0.375. The number of ether oxygens (including phenoxy) is 2. The van der Waals surface area contributed by atoms with E-state index in [9.17, 15) is 18.0 Å². The zero-order valence-corrected chi connectivity index (χ0v) is 17.2. The summed E-state index contributed by atoms with van der Waals surface area (Å²) in [7, 11) is -4.04. The number of rotatable bonds is 12. The third-order valence-corrected chi connectivity index (χ3v) is 4.48. The standard InChI is InChI=1S/C16H24N6O7S/c1-11-3-5-14(6-4-11)30(25,26)29-9-13(8-20-22-16(18)24)28-10-27-12(2)7-19-21-15(17)23/h3-8,12-13H,9-10H2,1-2H3,(H3,17,21,23)(H3,18,22,24)/b19-7+,20-8-/t12-,13+/m0/s1. The van der Waals surface area contributed by atoms with Crippen LogP contribution in [0.15, 0.2) is 39.4 Å². The first kappa shape index (κ1) is 25.0. The monoisotopic (exact) mass is 444 g/mol. The lowest BCUT2D eigenvalue weighted by Gasteiger charge is -2.15. The molecule has 0 bridgehead atoms. The number of nitrogens with one attached hydrogen (secondary N) is 2. The van der Waals surface area contributed by atoms with Crippen LogP contribution in [-0.4, -0.2) is 58.5 Å². The van der Waals surface area contributed by atoms with Crippen molar-refractivity contribution in [2.24, 2.45) is 21.7 Å². The van der Waals surface area contributed by atoms with Crippen LogP contribution in [-0.2, 0) is 23.8 Å². The van der Waals surface area contributed by atoms with Crippen molar-refractivity contribution in [1.29, 1.82) is 0 Å². The molecule has 30 heavy (non-hydrogen) atoms. The number of amides is 4. The van der Waals surface area contributed by atoms with E-state index in [1.807, 2.05) is 17.8 Å². The van der Waals surface area contributed by atoms with Crippen LogP contribution in [0.5, 0.6) is 0 Å². The molecular formula is C16H24N6O7S. The Balaban J connectivity index is 2.65. The second kappa shape index (κ2) is 12.5. The van der Waals surface area contributed by atoms with Gasteiger partial charge in [-0.1, -0.05) is 17.7 Å². The molecule has 0 fully saturated rings. The Morgan fingerprint density at radius 2 is 1.63 bits per heavy atom. The van der Waals surface area contributed by atoms with Gasteiger partial charge in [0.25, 0.3) is 10.1 Å². The van der Waals surface area contributed by atoms with Crippen molar-refractivity contribution < 1.29 is 31.7 Å². The summed E-state index contributed by atoms with van der Waals surface area (Å²) in [5, 5.41) is 7.05. The average molecular weight is 444 g/mol. The summed E-state index contributed by atoms with van der Waals surface area (Å²) < 4.78 is 40.2. The molecule has 0 saturated carbocycles. The first-order valence-corrected chi connectivity index (χ1v) is 9.87. The molecule has 0 aromatic heterocycles. The van der Waals surface area contributed by atoms with Gasteiger partial charge < -0.3 is 20.9 Å². The van der Waals surface area contributed by atoms with Crippen molar-refractivity contribution in [1.82, 2.24) is 10.9 Å². The molecule has 0 heterocycles. The van der Waals surface area contributed by atoms with Crippen molar-refractivity contribution in [2.75, 3.05) is 13.4 Å². The number of nitrogens with zero attached hydrogens (tertiary/aromatic N) is 2. The van der Waals surface area contributed by atoms with Gasteiger partial charge >= 0.3 is 12.1 Å². The minimum Gasteiger partial charge on any atom is -0.350 e. The lowest BCUT2D eigenvalue weighted by molar-refractivity contribution is -0.0855. The van der Waals surface area contributed by atoms with E-state index in [1.54, 1.807) is 19.1 Å². The van der Waals surface area contributed by atoms with E-state index in [4.69, 9.17) is 25.1 Å². The molecule has 6 N–H and O–H groups in total. The van der Waals surface area contributed by atoms with Crippen LogP contribution in [0.1, 0.15) is 12.5 Å². The highest BCUT2D eigenvalue weighted by Crippen LogP contribution is 2.13. The maximum atomic E-state index is 12.3. The highest BCUT2D eigenvalue weighted by Gasteiger charge is 2.18. The van der Waals surface area contributed by atoms with Gasteiger partial charge in [0.05, 0.1) is 30.0 Å². The second-order valence-electron chi connectivity index (χ2n) is 5.75. The third-order valence-electron chi connectivity index (χ3n) is 3.18. The van der Waals surface area contributed by atoms with Crippen molar-refractivity contribution in [3.63, 3.8) is 0 Å². The molecular weight excluding hydrogens is 420 g/mol. The molecule has 14 heteroatoms. The molecule has 0 aliphatic carbocycles. The number of carbonyl (C=O) groups is 2. The number of nitrogens with two attached hydrogens (primary N) is 2. The molecule has 0 saturated heterocycles. The maximum absolute atomic E-state index is 12.3. The zero-order valence-electron chi connectivity index (χ0n) is 16.3. The van der Waals surface area contributed by atoms with Crippen molar-refractivity contribution in [2.45, 2.75) is 31.0 Å². The molecule has 1 aromatic rings. The predicted octanol–water partition coefficient (Wildman–Crippen LogP) is -0.244. The average Bonchev–Trinajstić information content (AvgIpc) is 2.65. The minimum atomic E-state index is -4.04. The van der Waals surface area contributed by atoms with E-state index in [0.29, 0.717) is 0 Å². The molecule has 0 radical (unpaired) electrons. The first-order chi connectivity index (χ1) is 14.1. The number of hydrogen-bond acceptors (Lipinski definition) is 9. The van der Waals surface area contributed by atoms with Gasteiger partial charge in [0.2, 0.25) is 0 Å². The SMILES string of the molecule is Cc1ccc(S(=O)(=O)OC[C@@H](/C=N\NC(N)=O)OCO[C@@H](C)/C=N/NC(N)=O)cc1. The molecule has 2 atom stereocenters. The van der Waals surface area contributed by atoms with Crippen LogP contribution in [0.3, 0.4) is 0 Å². The van der Waals surface area contributed by atoms with Crippen LogP contribution in [0.4, 0.5) is 9.59 Å². The van der Waals surface area contributed by atoms with Crippen LogP contribution in [0.2, 0.25) is 0 Å². The van der Waals surface area contributed by atoms with Gasteiger partial charge in [-0.25, -0.2) is 20.4 Å². The van der Waals surface area contributed by atoms with Crippen molar-refractivity contribution in [3.05, 3.63) is 29.8 Å². The number of aryl methyl sites for hydroxylation is 1. The van der Waals surface area contributed by atoms with Crippen LogP contribution < -0.4 is 22.3 Å². The van der Waals surface area contributed by atoms with Gasteiger partial charge in [-0.15, -0.1) is 0 Å². The first-order valence-electron chi connectivity index (χ1n) is 8.46. The van der Waals surface area contributed by atoms with E-state index in [0.717, 1.165) is 11.8 Å². The Morgan fingerprint density at radius 3 is 2.20 bits per heavy atom.